The summed E-state index contributed by atoms with van der Waals surface area (Å²) >= 11 is 3.37. The number of aromatic carboxylic acids is 1. The SMILES string of the molecule is Cc1cc(-n2cc(O)c(C(=O)O)n2)ccc1Br. The van der Waals surface area contributed by atoms with Gasteiger partial charge in [0.25, 0.3) is 0 Å². The summed E-state index contributed by atoms with van der Waals surface area (Å²) in [5, 5.41) is 22.0. The molecule has 0 spiro atoms. The highest BCUT2D eigenvalue weighted by molar-refractivity contribution is 9.10. The molecule has 0 bridgehead atoms. The summed E-state index contributed by atoms with van der Waals surface area (Å²) in [5.41, 5.74) is 1.33. The van der Waals surface area contributed by atoms with Gasteiger partial charge in [0.05, 0.1) is 11.9 Å². The Labute approximate surface area is 105 Å². The molecule has 0 saturated heterocycles. The van der Waals surface area contributed by atoms with Crippen LogP contribution in [0.1, 0.15) is 16.1 Å². The number of benzene rings is 1. The fourth-order valence-electron chi connectivity index (χ4n) is 1.42. The lowest BCUT2D eigenvalue weighted by atomic mass is 10.2. The number of rotatable bonds is 2. The fourth-order valence-corrected chi connectivity index (χ4v) is 1.67. The summed E-state index contributed by atoms with van der Waals surface area (Å²) in [5.74, 6) is -1.60. The van der Waals surface area contributed by atoms with Crippen LogP contribution >= 0.6 is 15.9 Å². The molecule has 0 atom stereocenters. The predicted octanol–water partition coefficient (Wildman–Crippen LogP) is 2.35. The van der Waals surface area contributed by atoms with Gasteiger partial charge in [-0.05, 0) is 30.7 Å². The van der Waals surface area contributed by atoms with Crippen LogP contribution in [0.3, 0.4) is 0 Å². The lowest BCUT2D eigenvalue weighted by Crippen LogP contribution is -2.01. The van der Waals surface area contributed by atoms with Crippen LogP contribution < -0.4 is 0 Å². The molecule has 1 aromatic heterocycles. The summed E-state index contributed by atoms with van der Waals surface area (Å²) in [6.45, 7) is 1.91. The summed E-state index contributed by atoms with van der Waals surface area (Å²) in [6.07, 6.45) is 1.27. The molecule has 0 aliphatic carbocycles. The second kappa shape index (κ2) is 4.21. The van der Waals surface area contributed by atoms with E-state index in [4.69, 9.17) is 5.11 Å². The number of nitrogens with zero attached hydrogens (tertiary/aromatic N) is 2. The molecule has 1 aromatic carbocycles. The van der Waals surface area contributed by atoms with Gasteiger partial charge in [-0.25, -0.2) is 9.48 Å². The van der Waals surface area contributed by atoms with Crippen molar-refractivity contribution >= 4 is 21.9 Å². The second-order valence-electron chi connectivity index (χ2n) is 3.55. The van der Waals surface area contributed by atoms with E-state index in [1.165, 1.54) is 10.9 Å². The van der Waals surface area contributed by atoms with Crippen LogP contribution in [0.4, 0.5) is 0 Å². The van der Waals surface area contributed by atoms with Crippen molar-refractivity contribution in [3.05, 3.63) is 40.1 Å². The van der Waals surface area contributed by atoms with E-state index in [2.05, 4.69) is 21.0 Å². The molecule has 2 N–H and O–H groups in total. The summed E-state index contributed by atoms with van der Waals surface area (Å²) in [7, 11) is 0. The Morgan fingerprint density at radius 1 is 1.47 bits per heavy atom. The van der Waals surface area contributed by atoms with E-state index >= 15 is 0 Å². The fraction of sp³-hybridized carbons (Fsp3) is 0.0909. The van der Waals surface area contributed by atoms with Crippen LogP contribution in [-0.2, 0) is 0 Å². The number of hydrogen-bond acceptors (Lipinski definition) is 3. The molecule has 17 heavy (non-hydrogen) atoms. The van der Waals surface area contributed by atoms with Crippen molar-refractivity contribution in [1.82, 2.24) is 9.78 Å². The van der Waals surface area contributed by atoms with Gasteiger partial charge in [-0.3, -0.25) is 0 Å². The van der Waals surface area contributed by atoms with Gasteiger partial charge < -0.3 is 10.2 Å². The van der Waals surface area contributed by atoms with Crippen molar-refractivity contribution in [2.75, 3.05) is 0 Å². The van der Waals surface area contributed by atoms with E-state index in [9.17, 15) is 9.90 Å². The summed E-state index contributed by atoms with van der Waals surface area (Å²) < 4.78 is 2.29. The van der Waals surface area contributed by atoms with Crippen LogP contribution in [0.25, 0.3) is 5.69 Å². The van der Waals surface area contributed by atoms with Crippen LogP contribution in [0.15, 0.2) is 28.9 Å². The number of aryl methyl sites for hydroxylation is 1. The number of aromatic nitrogens is 2. The number of aromatic hydroxyl groups is 1. The first-order valence-electron chi connectivity index (χ1n) is 4.77. The number of carbonyl (C=O) groups is 1. The molecule has 0 saturated carbocycles. The first-order chi connectivity index (χ1) is 7.99. The van der Waals surface area contributed by atoms with Gasteiger partial charge in [-0.2, -0.15) is 5.10 Å². The largest absolute Gasteiger partial charge is 0.504 e. The lowest BCUT2D eigenvalue weighted by molar-refractivity contribution is 0.0687. The highest BCUT2D eigenvalue weighted by Gasteiger charge is 2.15. The van der Waals surface area contributed by atoms with Gasteiger partial charge >= 0.3 is 5.97 Å². The van der Waals surface area contributed by atoms with E-state index in [-0.39, 0.29) is 11.4 Å². The third-order valence-corrected chi connectivity index (χ3v) is 3.19. The molecule has 2 rings (SSSR count). The normalized spacial score (nSPS) is 10.5. The first kappa shape index (κ1) is 11.7. The van der Waals surface area contributed by atoms with E-state index in [0.717, 1.165) is 10.0 Å². The quantitative estimate of drug-likeness (QED) is 0.892. The molecule has 0 radical (unpaired) electrons. The first-order valence-corrected chi connectivity index (χ1v) is 5.57. The molecule has 2 aromatic rings. The second-order valence-corrected chi connectivity index (χ2v) is 4.40. The number of carboxylic acid groups (broad SMARTS) is 1. The third-order valence-electron chi connectivity index (χ3n) is 2.30. The van der Waals surface area contributed by atoms with Crippen molar-refractivity contribution in [3.63, 3.8) is 0 Å². The minimum atomic E-state index is -1.25. The Bertz CT molecular complexity index is 592. The average Bonchev–Trinajstić information content (AvgIpc) is 2.64. The smallest absolute Gasteiger partial charge is 0.360 e. The highest BCUT2D eigenvalue weighted by atomic mass is 79.9. The third kappa shape index (κ3) is 2.16. The van der Waals surface area contributed by atoms with Crippen molar-refractivity contribution in [3.8, 4) is 11.4 Å². The molecule has 0 unspecified atom stereocenters. The van der Waals surface area contributed by atoms with E-state index in [1.54, 1.807) is 6.07 Å². The van der Waals surface area contributed by atoms with Crippen molar-refractivity contribution in [2.24, 2.45) is 0 Å². The standard InChI is InChI=1S/C11H9BrN2O3/c1-6-4-7(2-3-8(6)12)14-5-9(15)10(13-14)11(16)17/h2-5,15H,1H3,(H,16,17). The topological polar surface area (TPSA) is 75.4 Å². The lowest BCUT2D eigenvalue weighted by Gasteiger charge is -2.03. The van der Waals surface area contributed by atoms with Crippen LogP contribution in [0.5, 0.6) is 5.75 Å². The maximum absolute atomic E-state index is 10.7. The Kier molecular flexibility index (Phi) is 2.89. The molecular weight excluding hydrogens is 288 g/mol. The highest BCUT2D eigenvalue weighted by Crippen LogP contribution is 2.22. The van der Waals surface area contributed by atoms with Crippen LogP contribution in [0.2, 0.25) is 0 Å². The van der Waals surface area contributed by atoms with Crippen molar-refractivity contribution < 1.29 is 15.0 Å². The molecule has 0 amide bonds. The van der Waals surface area contributed by atoms with Crippen molar-refractivity contribution in [2.45, 2.75) is 6.92 Å². The minimum absolute atomic E-state index is 0.349. The Balaban J connectivity index is 2.50. The zero-order valence-electron chi connectivity index (χ0n) is 8.88. The van der Waals surface area contributed by atoms with Crippen molar-refractivity contribution in [1.29, 1.82) is 0 Å². The Morgan fingerprint density at radius 3 is 2.71 bits per heavy atom. The van der Waals surface area contributed by atoms with Gasteiger partial charge in [0, 0.05) is 4.47 Å². The van der Waals surface area contributed by atoms with Gasteiger partial charge in [-0.15, -0.1) is 0 Å². The zero-order valence-corrected chi connectivity index (χ0v) is 10.5. The molecule has 1 heterocycles. The molecular formula is C11H9BrN2O3. The zero-order chi connectivity index (χ0) is 12.6. The molecule has 0 fully saturated rings. The molecule has 0 aliphatic heterocycles. The van der Waals surface area contributed by atoms with E-state index in [1.807, 2.05) is 19.1 Å². The van der Waals surface area contributed by atoms with Gasteiger partial charge in [0.1, 0.15) is 0 Å². The number of halogens is 1. The number of carboxylic acids is 1. The van der Waals surface area contributed by atoms with Crippen LogP contribution in [0, 0.1) is 6.92 Å². The predicted molar refractivity (Wildman–Crippen MR) is 64.6 cm³/mol. The molecule has 0 aliphatic rings. The van der Waals surface area contributed by atoms with E-state index in [0.29, 0.717) is 5.69 Å². The van der Waals surface area contributed by atoms with Crippen LogP contribution in [-0.4, -0.2) is 26.0 Å². The van der Waals surface area contributed by atoms with Gasteiger partial charge in [0.15, 0.2) is 5.75 Å². The summed E-state index contributed by atoms with van der Waals surface area (Å²) in [4.78, 5) is 10.7. The molecule has 88 valence electrons. The van der Waals surface area contributed by atoms with Gasteiger partial charge in [0.2, 0.25) is 5.69 Å². The maximum Gasteiger partial charge on any atom is 0.360 e. The Hall–Kier alpha value is -1.82. The van der Waals surface area contributed by atoms with Gasteiger partial charge in [-0.1, -0.05) is 15.9 Å². The number of hydrogen-bond donors (Lipinski definition) is 2. The minimum Gasteiger partial charge on any atom is -0.504 e. The Morgan fingerprint density at radius 2 is 2.18 bits per heavy atom. The molecule has 6 heteroatoms. The molecule has 5 nitrogen and oxygen atoms in total. The monoisotopic (exact) mass is 296 g/mol. The maximum atomic E-state index is 10.7. The van der Waals surface area contributed by atoms with E-state index < -0.39 is 5.97 Å². The summed E-state index contributed by atoms with van der Waals surface area (Å²) in [6, 6.07) is 5.45. The average molecular weight is 297 g/mol.